The van der Waals surface area contributed by atoms with Crippen LogP contribution in [0.3, 0.4) is 0 Å². The van der Waals surface area contributed by atoms with Gasteiger partial charge in [0.2, 0.25) is 11.6 Å². The predicted molar refractivity (Wildman–Crippen MR) is 92.1 cm³/mol. The first-order valence-electron chi connectivity index (χ1n) is 7.86. The van der Waals surface area contributed by atoms with Gasteiger partial charge in [0, 0.05) is 5.56 Å². The molecule has 0 bridgehead atoms. The zero-order valence-corrected chi connectivity index (χ0v) is 13.5. The summed E-state index contributed by atoms with van der Waals surface area (Å²) in [5.41, 5.74) is 0.0310. The maximum absolute atomic E-state index is 13.1. The molecule has 1 aliphatic rings. The molecule has 0 fully saturated rings. The summed E-state index contributed by atoms with van der Waals surface area (Å²) in [7, 11) is 1.41. The van der Waals surface area contributed by atoms with E-state index >= 15 is 0 Å². The van der Waals surface area contributed by atoms with E-state index in [2.05, 4.69) is 0 Å². The van der Waals surface area contributed by atoms with Gasteiger partial charge in [-0.25, -0.2) is 4.79 Å². The molecule has 2 aromatic carbocycles. The molecule has 0 spiro atoms. The van der Waals surface area contributed by atoms with Crippen LogP contribution in [0.4, 0.5) is 0 Å². The van der Waals surface area contributed by atoms with Gasteiger partial charge in [0.1, 0.15) is 16.7 Å². The molecule has 5 rings (SSSR count). The second-order valence-electron chi connectivity index (χ2n) is 5.94. The molecule has 0 atom stereocenters. The number of rotatable bonds is 1. The van der Waals surface area contributed by atoms with Gasteiger partial charge in [0.15, 0.2) is 11.3 Å². The van der Waals surface area contributed by atoms with Crippen LogP contribution in [0.15, 0.2) is 56.1 Å². The molecule has 0 radical (unpaired) electrons. The number of furan rings is 1. The highest BCUT2D eigenvalue weighted by Gasteiger charge is 2.38. The third kappa shape index (κ3) is 1.68. The van der Waals surface area contributed by atoms with E-state index < -0.39 is 17.2 Å². The molecule has 2 heterocycles. The Labute approximate surface area is 145 Å². The molecule has 0 amide bonds. The van der Waals surface area contributed by atoms with E-state index in [1.54, 1.807) is 36.4 Å². The van der Waals surface area contributed by atoms with Gasteiger partial charge in [-0.1, -0.05) is 18.2 Å². The molecule has 4 aromatic rings. The molecular weight excluding hydrogens is 336 g/mol. The van der Waals surface area contributed by atoms with Gasteiger partial charge in [-0.3, -0.25) is 9.59 Å². The molecule has 26 heavy (non-hydrogen) atoms. The highest BCUT2D eigenvalue weighted by atomic mass is 16.5. The highest BCUT2D eigenvalue weighted by molar-refractivity contribution is 6.32. The molecule has 6 heteroatoms. The molecule has 1 aliphatic carbocycles. The lowest BCUT2D eigenvalue weighted by atomic mass is 9.86. The first kappa shape index (κ1) is 14.7. The number of methoxy groups -OCH3 is 1. The standard InChI is InChI=1S/C20H10O6/c1-24-12-8-4-6-10-13(12)17(22)14-15-18(26-19(14)16(10)21)9-5-2-3-7-11(9)25-20(15)23/h2-8H,1H3. The molecule has 0 saturated heterocycles. The van der Waals surface area contributed by atoms with Gasteiger partial charge in [-0.15, -0.1) is 0 Å². The summed E-state index contributed by atoms with van der Waals surface area (Å²) in [6.45, 7) is 0. The van der Waals surface area contributed by atoms with Crippen molar-refractivity contribution in [1.82, 2.24) is 0 Å². The summed E-state index contributed by atoms with van der Waals surface area (Å²) in [4.78, 5) is 38.6. The minimum atomic E-state index is -0.719. The van der Waals surface area contributed by atoms with Crippen LogP contribution in [0, 0.1) is 0 Å². The quantitative estimate of drug-likeness (QED) is 0.433. The molecule has 0 unspecified atom stereocenters. The van der Waals surface area contributed by atoms with Crippen molar-refractivity contribution < 1.29 is 23.2 Å². The SMILES string of the molecule is COc1cccc2c1C(=O)c1c(oc3c1c(=O)oc1ccccc13)C2=O. The summed E-state index contributed by atoms with van der Waals surface area (Å²) < 4.78 is 16.3. The van der Waals surface area contributed by atoms with Gasteiger partial charge in [-0.2, -0.15) is 0 Å². The molecule has 0 N–H and O–H groups in total. The zero-order valence-electron chi connectivity index (χ0n) is 13.5. The lowest BCUT2D eigenvalue weighted by molar-refractivity contribution is 0.0960. The maximum atomic E-state index is 13.1. The summed E-state index contributed by atoms with van der Waals surface area (Å²) >= 11 is 0. The predicted octanol–water partition coefficient (Wildman–Crippen LogP) is 3.32. The van der Waals surface area contributed by atoms with E-state index in [0.717, 1.165) is 0 Å². The van der Waals surface area contributed by atoms with Crippen LogP contribution in [0.1, 0.15) is 32.0 Å². The monoisotopic (exact) mass is 346 g/mol. The van der Waals surface area contributed by atoms with Crippen molar-refractivity contribution in [2.24, 2.45) is 0 Å². The van der Waals surface area contributed by atoms with Crippen molar-refractivity contribution in [3.8, 4) is 5.75 Å². The molecule has 6 nitrogen and oxygen atoms in total. The smallest absolute Gasteiger partial charge is 0.348 e. The second kappa shape index (κ2) is 4.92. The van der Waals surface area contributed by atoms with Crippen LogP contribution in [0.5, 0.6) is 5.75 Å². The molecule has 0 saturated carbocycles. The van der Waals surface area contributed by atoms with Crippen molar-refractivity contribution in [2.45, 2.75) is 0 Å². The first-order chi connectivity index (χ1) is 12.6. The lowest BCUT2D eigenvalue weighted by Gasteiger charge is -2.15. The maximum Gasteiger partial charge on any atom is 0.348 e. The van der Waals surface area contributed by atoms with Gasteiger partial charge in [0.25, 0.3) is 0 Å². The number of ketones is 2. The van der Waals surface area contributed by atoms with E-state index in [0.29, 0.717) is 11.0 Å². The van der Waals surface area contributed by atoms with Gasteiger partial charge in [-0.05, 0) is 24.3 Å². The Kier molecular flexibility index (Phi) is 2.77. The Morgan fingerprint density at radius 1 is 0.846 bits per heavy atom. The number of hydrogen-bond acceptors (Lipinski definition) is 6. The van der Waals surface area contributed by atoms with Crippen molar-refractivity contribution in [3.05, 3.63) is 75.3 Å². The van der Waals surface area contributed by atoms with Gasteiger partial charge < -0.3 is 13.6 Å². The van der Waals surface area contributed by atoms with Crippen LogP contribution in [0.2, 0.25) is 0 Å². The highest BCUT2D eigenvalue weighted by Crippen LogP contribution is 2.38. The first-order valence-corrected chi connectivity index (χ1v) is 7.86. The van der Waals surface area contributed by atoms with Crippen LogP contribution in [-0.4, -0.2) is 18.7 Å². The van der Waals surface area contributed by atoms with E-state index in [1.807, 2.05) is 0 Å². The van der Waals surface area contributed by atoms with E-state index in [-0.39, 0.29) is 39.2 Å². The van der Waals surface area contributed by atoms with Crippen LogP contribution < -0.4 is 10.4 Å². The minimum absolute atomic E-state index is 0.0198. The van der Waals surface area contributed by atoms with E-state index in [9.17, 15) is 14.4 Å². The Hall–Kier alpha value is -3.67. The van der Waals surface area contributed by atoms with Crippen molar-refractivity contribution in [1.29, 1.82) is 0 Å². The number of fused-ring (bicyclic) bond motifs is 6. The molecule has 0 aliphatic heterocycles. The fraction of sp³-hybridized carbons (Fsp3) is 0.0500. The van der Waals surface area contributed by atoms with Crippen LogP contribution in [-0.2, 0) is 0 Å². The fourth-order valence-electron chi connectivity index (χ4n) is 3.46. The summed E-state index contributed by atoms with van der Waals surface area (Å²) in [5, 5.41) is 0.502. The summed E-state index contributed by atoms with van der Waals surface area (Å²) in [6, 6.07) is 11.6. The minimum Gasteiger partial charge on any atom is -0.496 e. The number of carbonyl (C=O) groups is 2. The van der Waals surface area contributed by atoms with E-state index in [1.165, 1.54) is 13.2 Å². The van der Waals surface area contributed by atoms with Crippen molar-refractivity contribution in [3.63, 3.8) is 0 Å². The third-order valence-electron chi connectivity index (χ3n) is 4.60. The fourth-order valence-corrected chi connectivity index (χ4v) is 3.46. The number of benzene rings is 2. The number of carbonyl (C=O) groups excluding carboxylic acids is 2. The Morgan fingerprint density at radius 2 is 1.65 bits per heavy atom. The van der Waals surface area contributed by atoms with Crippen LogP contribution >= 0.6 is 0 Å². The summed E-state index contributed by atoms with van der Waals surface area (Å²) in [6.07, 6.45) is 0. The molecule has 2 aromatic heterocycles. The topological polar surface area (TPSA) is 86.7 Å². The molecular formula is C20H10O6. The lowest BCUT2D eigenvalue weighted by Crippen LogP contribution is -2.21. The Balaban J connectivity index is 1.96. The van der Waals surface area contributed by atoms with Gasteiger partial charge >= 0.3 is 5.63 Å². The normalized spacial score (nSPS) is 13.1. The van der Waals surface area contributed by atoms with Gasteiger partial charge in [0.05, 0.1) is 23.6 Å². The Bertz CT molecular complexity index is 1320. The molecule has 126 valence electrons. The third-order valence-corrected chi connectivity index (χ3v) is 4.60. The second-order valence-corrected chi connectivity index (χ2v) is 5.94. The van der Waals surface area contributed by atoms with Crippen molar-refractivity contribution in [2.75, 3.05) is 7.11 Å². The number of para-hydroxylation sites is 1. The zero-order chi connectivity index (χ0) is 18.0. The number of ether oxygens (including phenoxy) is 1. The largest absolute Gasteiger partial charge is 0.496 e. The van der Waals surface area contributed by atoms with Crippen molar-refractivity contribution >= 4 is 33.5 Å². The average molecular weight is 346 g/mol. The summed E-state index contributed by atoms with van der Waals surface area (Å²) in [5.74, 6) is -0.831. The van der Waals surface area contributed by atoms with Crippen LogP contribution in [0.25, 0.3) is 21.9 Å². The Morgan fingerprint density at radius 3 is 2.46 bits per heavy atom. The average Bonchev–Trinajstić information content (AvgIpc) is 3.07. The van der Waals surface area contributed by atoms with E-state index in [4.69, 9.17) is 13.6 Å². The number of hydrogen-bond donors (Lipinski definition) is 0.